The first-order chi connectivity index (χ1) is 15.0. The molecule has 2 atom stereocenters. The Kier molecular flexibility index (Phi) is 6.99. The number of benzene rings is 2. The summed E-state index contributed by atoms with van der Waals surface area (Å²) in [6.07, 6.45) is 5.01. The third-order valence-corrected chi connectivity index (χ3v) is 6.94. The number of halogens is 3. The van der Waals surface area contributed by atoms with Gasteiger partial charge in [0.15, 0.2) is 22.6 Å². The molecule has 0 spiro atoms. The monoisotopic (exact) mass is 480 g/mol. The highest BCUT2D eigenvalue weighted by atomic mass is 35.5. The van der Waals surface area contributed by atoms with Crippen molar-refractivity contribution < 1.29 is 17.7 Å². The van der Waals surface area contributed by atoms with Gasteiger partial charge in [-0.2, -0.15) is 0 Å². The zero-order chi connectivity index (χ0) is 21.8. The van der Waals surface area contributed by atoms with Crippen LogP contribution in [-0.4, -0.2) is 15.8 Å². The quantitative estimate of drug-likeness (QED) is 0.421. The highest BCUT2D eigenvalue weighted by Crippen LogP contribution is 2.34. The van der Waals surface area contributed by atoms with Gasteiger partial charge in [0.2, 0.25) is 0 Å². The van der Waals surface area contributed by atoms with Crippen LogP contribution < -0.4 is 9.46 Å². The Bertz CT molecular complexity index is 1110. The topological polar surface area (TPSA) is 51.2 Å². The number of nitrogens with zero attached hydrogens (tertiary/aromatic N) is 1. The molecule has 0 amide bonds. The summed E-state index contributed by atoms with van der Waals surface area (Å²) in [4.78, 5) is 3.64. The van der Waals surface area contributed by atoms with E-state index in [4.69, 9.17) is 16.3 Å². The average Bonchev–Trinajstić information content (AvgIpc) is 3.28. The zero-order valence-corrected chi connectivity index (χ0v) is 18.7. The Hall–Kier alpha value is -2.29. The summed E-state index contributed by atoms with van der Waals surface area (Å²) in [7, 11) is -1.98. The van der Waals surface area contributed by atoms with E-state index >= 15 is 0 Å². The third kappa shape index (κ3) is 5.31. The van der Waals surface area contributed by atoms with Crippen molar-refractivity contribution in [1.82, 2.24) is 4.98 Å². The first-order valence-electron chi connectivity index (χ1n) is 9.65. The molecule has 2 aromatic carbocycles. The molecule has 3 aromatic rings. The average molecular weight is 481 g/mol. The second kappa shape index (κ2) is 9.89. The van der Waals surface area contributed by atoms with Gasteiger partial charge in [0, 0.05) is 22.4 Å². The molecular formula is C22H19ClF2N2O2S2. The van der Waals surface area contributed by atoms with Gasteiger partial charge in [-0.3, -0.25) is 4.72 Å². The van der Waals surface area contributed by atoms with Crippen LogP contribution in [0.3, 0.4) is 0 Å². The number of allylic oxidation sites excluding steroid dienone is 1. The number of nitrogens with one attached hydrogen (secondary N) is 1. The molecule has 31 heavy (non-hydrogen) atoms. The summed E-state index contributed by atoms with van der Waals surface area (Å²) in [6.45, 7) is 0.213. The van der Waals surface area contributed by atoms with Crippen molar-refractivity contribution in [3.05, 3.63) is 75.6 Å². The van der Waals surface area contributed by atoms with Crippen LogP contribution >= 0.6 is 22.9 Å². The Morgan fingerprint density at radius 1 is 1.23 bits per heavy atom. The molecule has 1 heterocycles. The Labute approximate surface area is 190 Å². The van der Waals surface area contributed by atoms with Crippen LogP contribution in [0.15, 0.2) is 58.3 Å². The molecule has 0 saturated heterocycles. The molecule has 0 radical (unpaired) electrons. The van der Waals surface area contributed by atoms with Crippen molar-refractivity contribution in [1.29, 1.82) is 0 Å². The Balaban J connectivity index is 1.47. The summed E-state index contributed by atoms with van der Waals surface area (Å²) in [5.41, 5.74) is 3.71. The molecule has 4 rings (SSSR count). The van der Waals surface area contributed by atoms with E-state index in [9.17, 15) is 13.0 Å². The molecule has 0 aliphatic heterocycles. The molecule has 1 aromatic heterocycles. The van der Waals surface area contributed by atoms with Gasteiger partial charge in [0.05, 0.1) is 17.0 Å². The Morgan fingerprint density at radius 3 is 2.77 bits per heavy atom. The first kappa shape index (κ1) is 21.9. The maximum atomic E-state index is 14.6. The van der Waals surface area contributed by atoms with Gasteiger partial charge in [-0.05, 0) is 48.6 Å². The van der Waals surface area contributed by atoms with Gasteiger partial charge in [-0.25, -0.2) is 18.0 Å². The maximum Gasteiger partial charge on any atom is 0.166 e. The van der Waals surface area contributed by atoms with Crippen molar-refractivity contribution in [2.24, 2.45) is 5.92 Å². The molecule has 1 aliphatic rings. The number of aromatic nitrogens is 1. The van der Waals surface area contributed by atoms with E-state index in [0.717, 1.165) is 42.5 Å². The summed E-state index contributed by atoms with van der Waals surface area (Å²) in [5, 5.41) is 2.28. The predicted octanol–water partition coefficient (Wildman–Crippen LogP) is 6.47. The van der Waals surface area contributed by atoms with E-state index in [1.165, 1.54) is 11.3 Å². The normalized spacial score (nSPS) is 17.1. The fourth-order valence-corrected chi connectivity index (χ4v) is 5.02. The number of anilines is 1. The molecule has 4 nitrogen and oxygen atoms in total. The molecule has 1 aliphatic carbocycles. The molecule has 9 heteroatoms. The van der Waals surface area contributed by atoms with Crippen molar-refractivity contribution in [3.8, 4) is 5.75 Å². The molecule has 0 bridgehead atoms. The summed E-state index contributed by atoms with van der Waals surface area (Å²) >= 11 is 7.28. The van der Waals surface area contributed by atoms with Crippen LogP contribution in [0.4, 0.5) is 14.6 Å². The lowest BCUT2D eigenvalue weighted by atomic mass is 9.84. The molecule has 162 valence electrons. The number of hydrogen-bond donors (Lipinski definition) is 1. The number of thiazole rings is 1. The Morgan fingerprint density at radius 2 is 2.03 bits per heavy atom. The van der Waals surface area contributed by atoms with E-state index in [-0.39, 0.29) is 23.2 Å². The molecule has 2 unspecified atom stereocenters. The maximum absolute atomic E-state index is 14.6. The van der Waals surface area contributed by atoms with E-state index in [1.807, 2.05) is 24.3 Å². The van der Waals surface area contributed by atoms with Gasteiger partial charge < -0.3 is 4.74 Å². The van der Waals surface area contributed by atoms with Gasteiger partial charge in [-0.1, -0.05) is 29.8 Å². The zero-order valence-electron chi connectivity index (χ0n) is 16.3. The van der Waals surface area contributed by atoms with Gasteiger partial charge in [0.1, 0.15) is 11.6 Å². The van der Waals surface area contributed by atoms with Crippen LogP contribution in [0.1, 0.15) is 24.8 Å². The number of hydrogen-bond acceptors (Lipinski definition) is 4. The van der Waals surface area contributed by atoms with Crippen molar-refractivity contribution in [3.63, 3.8) is 0 Å². The molecule has 0 fully saturated rings. The van der Waals surface area contributed by atoms with Crippen LogP contribution in [0, 0.1) is 17.6 Å². The minimum Gasteiger partial charge on any atom is -0.490 e. The second-order valence-corrected chi connectivity index (χ2v) is 9.40. The second-order valence-electron chi connectivity index (χ2n) is 7.06. The minimum atomic E-state index is -1.98. The van der Waals surface area contributed by atoms with Crippen LogP contribution in [0.25, 0.3) is 5.57 Å². The summed E-state index contributed by atoms with van der Waals surface area (Å²) in [6, 6.07) is 9.41. The highest BCUT2D eigenvalue weighted by molar-refractivity contribution is 7.86. The fraction of sp³-hybridized carbons (Fsp3) is 0.227. The molecular weight excluding hydrogens is 462 g/mol. The first-order valence-corrected chi connectivity index (χ1v) is 12.1. The van der Waals surface area contributed by atoms with E-state index < -0.39 is 22.6 Å². The van der Waals surface area contributed by atoms with Gasteiger partial charge in [0.25, 0.3) is 0 Å². The van der Waals surface area contributed by atoms with Crippen LogP contribution in [0.5, 0.6) is 5.75 Å². The van der Waals surface area contributed by atoms with Gasteiger partial charge in [-0.15, -0.1) is 11.3 Å². The lowest BCUT2D eigenvalue weighted by molar-refractivity contribution is 0.255. The number of rotatable bonds is 7. The van der Waals surface area contributed by atoms with E-state index in [2.05, 4.69) is 15.8 Å². The van der Waals surface area contributed by atoms with Gasteiger partial charge >= 0.3 is 0 Å². The lowest BCUT2D eigenvalue weighted by Crippen LogP contribution is -2.17. The van der Waals surface area contributed by atoms with Crippen molar-refractivity contribution in [2.45, 2.75) is 24.2 Å². The van der Waals surface area contributed by atoms with Crippen LogP contribution in [-0.2, 0) is 11.0 Å². The lowest BCUT2D eigenvalue weighted by Gasteiger charge is -2.25. The molecule has 1 N–H and O–H groups in total. The summed E-state index contributed by atoms with van der Waals surface area (Å²) in [5.74, 6) is -1.39. The predicted molar refractivity (Wildman–Crippen MR) is 121 cm³/mol. The number of ether oxygens (including phenoxy) is 1. The third-order valence-electron chi connectivity index (χ3n) is 4.99. The minimum absolute atomic E-state index is 0.0533. The summed E-state index contributed by atoms with van der Waals surface area (Å²) < 4.78 is 49.7. The SMILES string of the molecule is O=S(Nc1cscn1)c1cc(F)c(OCC2CCCC=C2c2ccc(Cl)cc2)cc1F. The van der Waals surface area contributed by atoms with E-state index in [1.54, 1.807) is 10.9 Å². The fourth-order valence-electron chi connectivity index (χ4n) is 3.48. The standard InChI is InChI=1S/C22H19ClF2N2O2S2/c23-16-7-5-14(6-8-16)17-4-2-1-3-15(17)11-29-20-9-19(25)21(10-18(20)24)31(28)27-22-12-30-13-26-22/h4-10,12-13,15,27H,1-3,11H2. The largest absolute Gasteiger partial charge is 0.490 e. The smallest absolute Gasteiger partial charge is 0.166 e. The van der Waals surface area contributed by atoms with Crippen molar-refractivity contribution in [2.75, 3.05) is 11.3 Å². The van der Waals surface area contributed by atoms with Crippen molar-refractivity contribution >= 4 is 45.3 Å². The molecule has 0 saturated carbocycles. The van der Waals surface area contributed by atoms with Crippen LogP contribution in [0.2, 0.25) is 5.02 Å². The van der Waals surface area contributed by atoms with E-state index in [0.29, 0.717) is 10.8 Å². The highest BCUT2D eigenvalue weighted by Gasteiger charge is 2.22.